The number of carbonyl (C=O) groups excluding carboxylic acids is 2. The number of allylic oxidation sites excluding steroid dienone is 7. The summed E-state index contributed by atoms with van der Waals surface area (Å²) in [6, 6.07) is 0. The quantitative estimate of drug-likeness (QED) is 0.0449. The van der Waals surface area contributed by atoms with Gasteiger partial charge in [-0.25, -0.2) is 0 Å². The highest BCUT2D eigenvalue weighted by atomic mass is 16.6. The lowest BCUT2D eigenvalue weighted by Crippen LogP contribution is -2.28. The summed E-state index contributed by atoms with van der Waals surface area (Å²) >= 11 is 0. The lowest BCUT2D eigenvalue weighted by Gasteiger charge is -2.15. The standard InChI is InChI=1S/C39H68O6/c1-4-5-29-36(41)30-25-21-17-13-8-6-7-9-15-19-23-27-32-39(43)45-37(33-40)34-44-38(42)31-26-22-18-14-11-10-12-16-20-24-28-35(2)3/h6-7,13,15,17,19,25,30,35-37,40-41H,4-5,8-12,14,16,18,20-24,26-29,31-34H2,1-3H3/b7-6-,17-13-,19-15-,30-25-/t36-,37+/m1/s1. The number of ether oxygens (including phenoxy) is 2. The zero-order valence-corrected chi connectivity index (χ0v) is 29.1. The predicted octanol–water partition coefficient (Wildman–Crippen LogP) is 9.89. The maximum Gasteiger partial charge on any atom is 0.306 e. The highest BCUT2D eigenvalue weighted by molar-refractivity contribution is 5.70. The smallest absolute Gasteiger partial charge is 0.306 e. The van der Waals surface area contributed by atoms with Gasteiger partial charge < -0.3 is 19.7 Å². The molecule has 0 rings (SSSR count). The second kappa shape index (κ2) is 33.2. The fourth-order valence-electron chi connectivity index (χ4n) is 4.81. The van der Waals surface area contributed by atoms with E-state index in [-0.39, 0.29) is 37.7 Å². The van der Waals surface area contributed by atoms with Gasteiger partial charge in [-0.3, -0.25) is 9.59 Å². The van der Waals surface area contributed by atoms with Crippen LogP contribution in [0.5, 0.6) is 0 Å². The third-order valence-electron chi connectivity index (χ3n) is 7.62. The van der Waals surface area contributed by atoms with Gasteiger partial charge in [-0.2, -0.15) is 0 Å². The molecule has 2 N–H and O–H groups in total. The molecule has 0 radical (unpaired) electrons. The molecule has 0 aromatic rings. The van der Waals surface area contributed by atoms with Crippen molar-refractivity contribution < 1.29 is 29.3 Å². The summed E-state index contributed by atoms with van der Waals surface area (Å²) in [7, 11) is 0. The number of hydrogen-bond acceptors (Lipinski definition) is 6. The van der Waals surface area contributed by atoms with Crippen molar-refractivity contribution in [2.75, 3.05) is 13.2 Å². The summed E-state index contributed by atoms with van der Waals surface area (Å²) in [6.07, 6.45) is 36.5. The first kappa shape index (κ1) is 42.8. The van der Waals surface area contributed by atoms with Gasteiger partial charge in [0, 0.05) is 12.8 Å². The Balaban J connectivity index is 3.73. The molecule has 260 valence electrons. The normalized spacial score (nSPS) is 13.6. The Hall–Kier alpha value is -2.18. The minimum Gasteiger partial charge on any atom is -0.462 e. The Kier molecular flexibility index (Phi) is 31.6. The largest absolute Gasteiger partial charge is 0.462 e. The third kappa shape index (κ3) is 33.0. The van der Waals surface area contributed by atoms with Crippen molar-refractivity contribution in [3.63, 3.8) is 0 Å². The molecule has 0 aromatic carbocycles. The minimum atomic E-state index is -0.810. The lowest BCUT2D eigenvalue weighted by molar-refractivity contribution is -0.161. The second-order valence-corrected chi connectivity index (χ2v) is 12.6. The Morgan fingerprint density at radius 3 is 1.76 bits per heavy atom. The molecular formula is C39H68O6. The van der Waals surface area contributed by atoms with E-state index < -0.39 is 6.10 Å². The van der Waals surface area contributed by atoms with Gasteiger partial charge in [-0.1, -0.05) is 146 Å². The summed E-state index contributed by atoms with van der Waals surface area (Å²) in [5.41, 5.74) is 0. The first-order chi connectivity index (χ1) is 21.9. The van der Waals surface area contributed by atoms with Crippen molar-refractivity contribution in [1.82, 2.24) is 0 Å². The van der Waals surface area contributed by atoms with E-state index in [1.807, 2.05) is 12.2 Å². The summed E-state index contributed by atoms with van der Waals surface area (Å²) in [5.74, 6) is 0.137. The van der Waals surface area contributed by atoms with Gasteiger partial charge in [0.05, 0.1) is 12.7 Å². The van der Waals surface area contributed by atoms with Crippen molar-refractivity contribution in [3.8, 4) is 0 Å². The Morgan fingerprint density at radius 2 is 1.18 bits per heavy atom. The van der Waals surface area contributed by atoms with Gasteiger partial charge in [0.2, 0.25) is 0 Å². The molecule has 0 spiro atoms. The van der Waals surface area contributed by atoms with Crippen LogP contribution in [0.2, 0.25) is 0 Å². The molecule has 0 aliphatic heterocycles. The molecule has 0 saturated heterocycles. The van der Waals surface area contributed by atoms with E-state index in [1.54, 1.807) is 0 Å². The third-order valence-corrected chi connectivity index (χ3v) is 7.62. The van der Waals surface area contributed by atoms with Gasteiger partial charge >= 0.3 is 11.9 Å². The lowest BCUT2D eigenvalue weighted by atomic mass is 10.0. The summed E-state index contributed by atoms with van der Waals surface area (Å²) in [4.78, 5) is 24.1. The average Bonchev–Trinajstić information content (AvgIpc) is 3.02. The number of aliphatic hydroxyl groups is 2. The van der Waals surface area contributed by atoms with E-state index in [0.29, 0.717) is 12.8 Å². The number of hydrogen-bond donors (Lipinski definition) is 2. The molecule has 0 bridgehead atoms. The fraction of sp³-hybridized carbons (Fsp3) is 0.744. The predicted molar refractivity (Wildman–Crippen MR) is 188 cm³/mol. The highest BCUT2D eigenvalue weighted by Gasteiger charge is 2.16. The molecule has 2 atom stereocenters. The SMILES string of the molecule is CCCC[C@@H](O)/C=C\C/C=C\C/C=C\C/C=C\CCCC(=O)O[C@@H](CO)COC(=O)CCCCCCCCCCCCC(C)C. The maximum absolute atomic E-state index is 12.1. The van der Waals surface area contributed by atoms with Crippen LogP contribution in [0.3, 0.4) is 0 Å². The van der Waals surface area contributed by atoms with Gasteiger partial charge in [0.1, 0.15) is 6.61 Å². The molecule has 0 amide bonds. The number of rotatable bonds is 31. The zero-order chi connectivity index (χ0) is 33.2. The van der Waals surface area contributed by atoms with Crippen LogP contribution in [-0.4, -0.2) is 47.6 Å². The van der Waals surface area contributed by atoms with E-state index >= 15 is 0 Å². The van der Waals surface area contributed by atoms with Crippen LogP contribution in [0.15, 0.2) is 48.6 Å². The average molecular weight is 633 g/mol. The monoisotopic (exact) mass is 633 g/mol. The van der Waals surface area contributed by atoms with Crippen molar-refractivity contribution in [1.29, 1.82) is 0 Å². The van der Waals surface area contributed by atoms with Crippen molar-refractivity contribution in [2.24, 2.45) is 5.92 Å². The van der Waals surface area contributed by atoms with E-state index in [4.69, 9.17) is 9.47 Å². The van der Waals surface area contributed by atoms with Crippen LogP contribution in [0, 0.1) is 5.92 Å². The fourth-order valence-corrected chi connectivity index (χ4v) is 4.81. The van der Waals surface area contributed by atoms with Crippen molar-refractivity contribution in [3.05, 3.63) is 48.6 Å². The molecule has 6 nitrogen and oxygen atoms in total. The Bertz CT molecular complexity index is 797. The van der Waals surface area contributed by atoms with Gasteiger partial charge in [-0.15, -0.1) is 0 Å². The van der Waals surface area contributed by atoms with Gasteiger partial charge in [-0.05, 0) is 50.9 Å². The summed E-state index contributed by atoms with van der Waals surface area (Å²) in [5, 5.41) is 19.3. The molecule has 0 unspecified atom stereocenters. The first-order valence-corrected chi connectivity index (χ1v) is 18.1. The van der Waals surface area contributed by atoms with Gasteiger partial charge in [0.15, 0.2) is 6.10 Å². The molecule has 6 heteroatoms. The van der Waals surface area contributed by atoms with Crippen LogP contribution in [-0.2, 0) is 19.1 Å². The highest BCUT2D eigenvalue weighted by Crippen LogP contribution is 2.14. The Labute approximate surface area is 276 Å². The van der Waals surface area contributed by atoms with Crippen LogP contribution in [0.25, 0.3) is 0 Å². The molecule has 0 aromatic heterocycles. The Morgan fingerprint density at radius 1 is 0.644 bits per heavy atom. The van der Waals surface area contributed by atoms with Crippen molar-refractivity contribution in [2.45, 2.75) is 168 Å². The molecule has 0 heterocycles. The molecule has 0 fully saturated rings. The molecule has 45 heavy (non-hydrogen) atoms. The van der Waals surface area contributed by atoms with Crippen LogP contribution in [0.1, 0.15) is 156 Å². The van der Waals surface area contributed by atoms with E-state index in [2.05, 4.69) is 57.2 Å². The van der Waals surface area contributed by atoms with Crippen LogP contribution in [0.4, 0.5) is 0 Å². The first-order valence-electron chi connectivity index (χ1n) is 18.1. The van der Waals surface area contributed by atoms with E-state index in [1.165, 1.54) is 51.4 Å². The molecule has 0 saturated carbocycles. The number of esters is 2. The zero-order valence-electron chi connectivity index (χ0n) is 29.1. The van der Waals surface area contributed by atoms with E-state index in [9.17, 15) is 19.8 Å². The van der Waals surface area contributed by atoms with Crippen LogP contribution >= 0.6 is 0 Å². The second-order valence-electron chi connectivity index (χ2n) is 12.6. The van der Waals surface area contributed by atoms with Crippen LogP contribution < -0.4 is 0 Å². The molecule has 0 aliphatic rings. The van der Waals surface area contributed by atoms with Crippen molar-refractivity contribution >= 4 is 11.9 Å². The topological polar surface area (TPSA) is 93.1 Å². The maximum atomic E-state index is 12.1. The summed E-state index contributed by atoms with van der Waals surface area (Å²) in [6.45, 7) is 6.24. The van der Waals surface area contributed by atoms with E-state index in [0.717, 1.165) is 70.1 Å². The van der Waals surface area contributed by atoms with Gasteiger partial charge in [0.25, 0.3) is 0 Å². The molecule has 0 aliphatic carbocycles. The number of unbranched alkanes of at least 4 members (excludes halogenated alkanes) is 11. The number of carbonyl (C=O) groups is 2. The minimum absolute atomic E-state index is 0.0987. The summed E-state index contributed by atoms with van der Waals surface area (Å²) < 4.78 is 10.5. The number of aliphatic hydroxyl groups excluding tert-OH is 2. The molecular weight excluding hydrogens is 564 g/mol.